The van der Waals surface area contributed by atoms with Gasteiger partial charge in [-0.2, -0.15) is 0 Å². The number of aromatic nitrogens is 2. The first-order chi connectivity index (χ1) is 12.6. The second kappa shape index (κ2) is 8.03. The number of likely N-dealkylation sites (N-methyl/N-ethyl adjacent to an activating group) is 1. The molecule has 0 radical (unpaired) electrons. The van der Waals surface area contributed by atoms with Crippen molar-refractivity contribution >= 4 is 17.5 Å². The van der Waals surface area contributed by atoms with Gasteiger partial charge in [-0.3, -0.25) is 4.79 Å². The number of rotatable bonds is 6. The van der Waals surface area contributed by atoms with Gasteiger partial charge < -0.3 is 19.9 Å². The lowest BCUT2D eigenvalue weighted by molar-refractivity contribution is -0.129. The van der Waals surface area contributed by atoms with Gasteiger partial charge >= 0.3 is 0 Å². The minimum absolute atomic E-state index is 0.102. The number of aryl methyl sites for hydroxylation is 1. The number of benzene rings is 1. The van der Waals surface area contributed by atoms with Crippen LogP contribution in [0.2, 0.25) is 0 Å². The normalized spacial score (nSPS) is 14.5. The highest BCUT2D eigenvalue weighted by Crippen LogP contribution is 2.22. The number of anilines is 2. The monoisotopic (exact) mass is 355 g/mol. The van der Waals surface area contributed by atoms with Crippen LogP contribution < -0.4 is 15.0 Å². The van der Waals surface area contributed by atoms with E-state index in [1.807, 2.05) is 37.9 Å². The molecule has 1 fully saturated rings. The zero-order valence-corrected chi connectivity index (χ0v) is 15.5. The van der Waals surface area contributed by atoms with Crippen molar-refractivity contribution in [3.63, 3.8) is 0 Å². The third-order valence-electron chi connectivity index (χ3n) is 4.42. The van der Waals surface area contributed by atoms with Gasteiger partial charge in [-0.25, -0.2) is 9.97 Å². The molecule has 1 amide bonds. The predicted octanol–water partition coefficient (Wildman–Crippen LogP) is 2.07. The van der Waals surface area contributed by atoms with Gasteiger partial charge in [0.05, 0.1) is 13.2 Å². The van der Waals surface area contributed by atoms with Crippen molar-refractivity contribution in [1.82, 2.24) is 14.9 Å². The topological polar surface area (TPSA) is 70.6 Å². The van der Waals surface area contributed by atoms with E-state index in [4.69, 9.17) is 4.74 Å². The molecule has 2 aromatic rings. The summed E-state index contributed by atoms with van der Waals surface area (Å²) in [6.07, 6.45) is 1.53. The van der Waals surface area contributed by atoms with Crippen LogP contribution >= 0.6 is 0 Å². The van der Waals surface area contributed by atoms with Gasteiger partial charge in [-0.1, -0.05) is 12.1 Å². The van der Waals surface area contributed by atoms with Crippen LogP contribution in [0, 0.1) is 6.92 Å². The summed E-state index contributed by atoms with van der Waals surface area (Å²) in [5, 5.41) is 3.33. The van der Waals surface area contributed by atoms with Crippen molar-refractivity contribution in [3.05, 3.63) is 41.7 Å². The molecule has 7 heteroatoms. The Morgan fingerprint density at radius 1 is 1.23 bits per heavy atom. The molecule has 1 saturated heterocycles. The number of hydrogen-bond donors (Lipinski definition) is 1. The fourth-order valence-corrected chi connectivity index (χ4v) is 2.85. The van der Waals surface area contributed by atoms with Crippen molar-refractivity contribution < 1.29 is 9.53 Å². The maximum absolute atomic E-state index is 11.9. The molecule has 1 aliphatic rings. The van der Waals surface area contributed by atoms with E-state index in [0.717, 1.165) is 29.5 Å². The van der Waals surface area contributed by atoms with E-state index in [1.54, 1.807) is 4.90 Å². The maximum atomic E-state index is 11.9. The molecule has 0 saturated carbocycles. The van der Waals surface area contributed by atoms with Gasteiger partial charge in [0.1, 0.15) is 23.7 Å². The number of ether oxygens (including phenoxy) is 1. The highest BCUT2D eigenvalue weighted by atomic mass is 16.5. The largest absolute Gasteiger partial charge is 0.494 e. The highest BCUT2D eigenvalue weighted by molar-refractivity contribution is 5.82. The first kappa shape index (κ1) is 18.0. The van der Waals surface area contributed by atoms with Crippen molar-refractivity contribution in [3.8, 4) is 5.75 Å². The molecular weight excluding hydrogens is 330 g/mol. The number of carbonyl (C=O) groups excluding carboxylic acids is 1. The first-order valence-corrected chi connectivity index (χ1v) is 8.84. The van der Waals surface area contributed by atoms with Gasteiger partial charge in [0, 0.05) is 38.3 Å². The first-order valence-electron chi connectivity index (χ1n) is 8.84. The number of hydrogen-bond acceptors (Lipinski definition) is 6. The summed E-state index contributed by atoms with van der Waals surface area (Å²) in [6, 6.07) is 8.06. The number of piperazine rings is 1. The molecule has 0 spiro atoms. The summed E-state index contributed by atoms with van der Waals surface area (Å²) in [5.74, 6) is 2.48. The summed E-state index contributed by atoms with van der Waals surface area (Å²) >= 11 is 0. The standard InChI is InChI=1S/C19H25N5O2/c1-4-26-16-9-14(2)5-6-15(16)11-20-17-10-18(22-13-21-17)24-8-7-23(3)19(25)12-24/h5-6,9-10,13H,4,7-8,11-12H2,1-3H3,(H,20,21,22). The zero-order valence-electron chi connectivity index (χ0n) is 15.5. The average Bonchev–Trinajstić information content (AvgIpc) is 2.64. The number of carbonyl (C=O) groups is 1. The van der Waals surface area contributed by atoms with Gasteiger partial charge in [-0.05, 0) is 25.5 Å². The van der Waals surface area contributed by atoms with E-state index in [2.05, 4.69) is 27.4 Å². The molecule has 0 atom stereocenters. The van der Waals surface area contributed by atoms with Crippen molar-refractivity contribution in [2.24, 2.45) is 0 Å². The predicted molar refractivity (Wildman–Crippen MR) is 102 cm³/mol. The molecule has 7 nitrogen and oxygen atoms in total. The summed E-state index contributed by atoms with van der Waals surface area (Å²) in [7, 11) is 1.82. The fourth-order valence-electron chi connectivity index (χ4n) is 2.85. The smallest absolute Gasteiger partial charge is 0.241 e. The Morgan fingerprint density at radius 2 is 2.08 bits per heavy atom. The van der Waals surface area contributed by atoms with Crippen molar-refractivity contribution in [2.45, 2.75) is 20.4 Å². The van der Waals surface area contributed by atoms with E-state index in [9.17, 15) is 4.79 Å². The minimum Gasteiger partial charge on any atom is -0.494 e. The minimum atomic E-state index is 0.102. The molecule has 2 heterocycles. The second-order valence-electron chi connectivity index (χ2n) is 6.40. The van der Waals surface area contributed by atoms with Gasteiger partial charge in [0.25, 0.3) is 0 Å². The molecule has 1 aromatic heterocycles. The van der Waals surface area contributed by atoms with E-state index < -0.39 is 0 Å². The molecule has 1 aliphatic heterocycles. The Hall–Kier alpha value is -2.83. The van der Waals surface area contributed by atoms with E-state index >= 15 is 0 Å². The second-order valence-corrected chi connectivity index (χ2v) is 6.40. The Balaban J connectivity index is 1.69. The lowest BCUT2D eigenvalue weighted by atomic mass is 10.1. The van der Waals surface area contributed by atoms with E-state index in [1.165, 1.54) is 11.9 Å². The summed E-state index contributed by atoms with van der Waals surface area (Å²) in [5.41, 5.74) is 2.24. The van der Waals surface area contributed by atoms with Crippen LogP contribution in [0.25, 0.3) is 0 Å². The van der Waals surface area contributed by atoms with Gasteiger partial charge in [0.2, 0.25) is 5.91 Å². The quantitative estimate of drug-likeness (QED) is 0.855. The molecule has 138 valence electrons. The maximum Gasteiger partial charge on any atom is 0.241 e. The Bertz CT molecular complexity index is 780. The van der Waals surface area contributed by atoms with Crippen LogP contribution in [0.1, 0.15) is 18.1 Å². The highest BCUT2D eigenvalue weighted by Gasteiger charge is 2.22. The molecule has 3 rings (SSSR count). The average molecular weight is 355 g/mol. The lowest BCUT2D eigenvalue weighted by Gasteiger charge is -2.32. The Kier molecular flexibility index (Phi) is 5.55. The third kappa shape index (κ3) is 4.22. The van der Waals surface area contributed by atoms with Gasteiger partial charge in [0.15, 0.2) is 0 Å². The summed E-state index contributed by atoms with van der Waals surface area (Å²) < 4.78 is 5.72. The van der Waals surface area contributed by atoms with Crippen molar-refractivity contribution in [1.29, 1.82) is 0 Å². The van der Waals surface area contributed by atoms with Crippen LogP contribution in [0.15, 0.2) is 30.6 Å². The lowest BCUT2D eigenvalue weighted by Crippen LogP contribution is -2.48. The Morgan fingerprint density at radius 3 is 2.85 bits per heavy atom. The molecule has 0 aliphatic carbocycles. The fraction of sp³-hybridized carbons (Fsp3) is 0.421. The van der Waals surface area contributed by atoms with E-state index in [0.29, 0.717) is 26.2 Å². The zero-order chi connectivity index (χ0) is 18.5. The summed E-state index contributed by atoms with van der Waals surface area (Å²) in [6.45, 7) is 7.08. The van der Waals surface area contributed by atoms with Crippen LogP contribution in [0.4, 0.5) is 11.6 Å². The van der Waals surface area contributed by atoms with Crippen LogP contribution in [0.5, 0.6) is 5.75 Å². The SMILES string of the molecule is CCOc1cc(C)ccc1CNc1cc(N2CCN(C)C(=O)C2)ncn1. The Labute approximate surface area is 154 Å². The molecule has 0 unspecified atom stereocenters. The van der Waals surface area contributed by atoms with Crippen LogP contribution in [0.3, 0.4) is 0 Å². The summed E-state index contributed by atoms with van der Waals surface area (Å²) in [4.78, 5) is 24.2. The molecule has 26 heavy (non-hydrogen) atoms. The molecule has 1 aromatic carbocycles. The van der Waals surface area contributed by atoms with Crippen LogP contribution in [-0.4, -0.2) is 54.1 Å². The van der Waals surface area contributed by atoms with Gasteiger partial charge in [-0.15, -0.1) is 0 Å². The molecular formula is C19H25N5O2. The molecule has 0 bridgehead atoms. The molecule has 1 N–H and O–H groups in total. The number of amides is 1. The van der Waals surface area contributed by atoms with Crippen molar-refractivity contribution in [2.75, 3.05) is 43.5 Å². The van der Waals surface area contributed by atoms with E-state index in [-0.39, 0.29) is 5.91 Å². The third-order valence-corrected chi connectivity index (χ3v) is 4.42. The number of nitrogens with zero attached hydrogens (tertiary/aromatic N) is 4. The van der Waals surface area contributed by atoms with Crippen LogP contribution in [-0.2, 0) is 11.3 Å². The number of nitrogens with one attached hydrogen (secondary N) is 1.